The molecule has 0 saturated heterocycles. The van der Waals surface area contributed by atoms with Gasteiger partial charge in [-0.25, -0.2) is 4.89 Å². The lowest BCUT2D eigenvalue weighted by Gasteiger charge is -2.27. The molecule has 0 spiro atoms. The molecule has 0 aliphatic rings. The third-order valence-electron chi connectivity index (χ3n) is 3.69. The van der Waals surface area contributed by atoms with Crippen LogP contribution in [0, 0.1) is 0 Å². The third kappa shape index (κ3) is 4.56. The monoisotopic (exact) mass is 266 g/mol. The van der Waals surface area contributed by atoms with Gasteiger partial charge in [-0.2, -0.15) is 0 Å². The summed E-state index contributed by atoms with van der Waals surface area (Å²) in [6.07, 6.45) is 1.02. The van der Waals surface area contributed by atoms with Crippen LogP contribution in [0.25, 0.3) is 0 Å². The van der Waals surface area contributed by atoms with Gasteiger partial charge in [0.25, 0.3) is 0 Å². The van der Waals surface area contributed by atoms with Crippen LogP contribution in [0.1, 0.15) is 33.3 Å². The fourth-order valence-electron chi connectivity index (χ4n) is 2.09. The van der Waals surface area contributed by atoms with Gasteiger partial charge in [-0.15, -0.1) is 0 Å². The van der Waals surface area contributed by atoms with Crippen LogP contribution in [0.3, 0.4) is 0 Å². The van der Waals surface area contributed by atoms with E-state index in [1.807, 2.05) is 6.07 Å². The zero-order valence-corrected chi connectivity index (χ0v) is 13.1. The minimum atomic E-state index is -1.62. The smallest absolute Gasteiger partial charge is 0.238 e. The molecule has 3 heteroatoms. The number of hydrogen-bond acceptors (Lipinski definition) is 2. The highest BCUT2D eigenvalue weighted by atomic mass is 28.4. The molecule has 1 unspecified atom stereocenters. The van der Waals surface area contributed by atoms with Gasteiger partial charge in [-0.05, 0) is 30.6 Å². The third-order valence-corrected chi connectivity index (χ3v) is 8.00. The molecule has 1 aromatic carbocycles. The van der Waals surface area contributed by atoms with Gasteiger partial charge in [0.2, 0.25) is 8.32 Å². The van der Waals surface area contributed by atoms with Crippen LogP contribution in [-0.2, 0) is 15.9 Å². The van der Waals surface area contributed by atoms with Crippen molar-refractivity contribution in [1.82, 2.24) is 0 Å². The number of hydrogen-bond donors (Lipinski definition) is 0. The van der Waals surface area contributed by atoms with Gasteiger partial charge in [-0.1, -0.05) is 51.1 Å². The average molecular weight is 266 g/mol. The largest absolute Gasteiger partial charge is 0.286 e. The van der Waals surface area contributed by atoms with Gasteiger partial charge in [0.15, 0.2) is 0 Å². The van der Waals surface area contributed by atoms with E-state index in [4.69, 9.17) is 9.46 Å². The van der Waals surface area contributed by atoms with Crippen molar-refractivity contribution >= 4 is 8.32 Å². The van der Waals surface area contributed by atoms with Gasteiger partial charge in [0, 0.05) is 6.42 Å². The summed E-state index contributed by atoms with van der Waals surface area (Å²) in [5.41, 5.74) is 1.30. The zero-order valence-electron chi connectivity index (χ0n) is 12.1. The van der Waals surface area contributed by atoms with Crippen LogP contribution in [0.15, 0.2) is 30.3 Å². The average Bonchev–Trinajstić information content (AvgIpc) is 2.42. The minimum Gasteiger partial charge on any atom is -0.286 e. The first kappa shape index (κ1) is 15.4. The SMILES string of the molecule is CC[Si](CC)(CC)OOC(C)Cc1ccccc1. The predicted molar refractivity (Wildman–Crippen MR) is 79.0 cm³/mol. The lowest BCUT2D eigenvalue weighted by atomic mass is 10.1. The molecule has 0 heterocycles. The normalized spacial score (nSPS) is 13.6. The Morgan fingerprint density at radius 3 is 2.06 bits per heavy atom. The molecule has 0 aliphatic heterocycles. The standard InChI is InChI=1S/C15H26O2Si/c1-5-18(6-2,7-3)17-16-14(4)13-15-11-9-8-10-12-15/h8-12,14H,5-7,13H2,1-4H3. The van der Waals surface area contributed by atoms with Crippen molar-refractivity contribution in [3.63, 3.8) is 0 Å². The van der Waals surface area contributed by atoms with Crippen molar-refractivity contribution in [3.05, 3.63) is 35.9 Å². The topological polar surface area (TPSA) is 18.5 Å². The Morgan fingerprint density at radius 1 is 1.00 bits per heavy atom. The molecule has 2 nitrogen and oxygen atoms in total. The fraction of sp³-hybridized carbons (Fsp3) is 0.600. The minimum absolute atomic E-state index is 0.115. The number of rotatable bonds is 8. The Kier molecular flexibility index (Phi) is 6.61. The predicted octanol–water partition coefficient (Wildman–Crippen LogP) is 4.57. The van der Waals surface area contributed by atoms with E-state index in [1.54, 1.807) is 0 Å². The van der Waals surface area contributed by atoms with Gasteiger partial charge >= 0.3 is 0 Å². The van der Waals surface area contributed by atoms with E-state index in [1.165, 1.54) is 5.56 Å². The summed E-state index contributed by atoms with van der Waals surface area (Å²) in [5, 5.41) is 0. The molecule has 18 heavy (non-hydrogen) atoms. The molecule has 0 aromatic heterocycles. The molecule has 0 bridgehead atoms. The maximum Gasteiger partial charge on any atom is 0.238 e. The quantitative estimate of drug-likeness (QED) is 0.390. The first-order chi connectivity index (χ1) is 8.65. The maximum absolute atomic E-state index is 5.85. The second-order valence-corrected chi connectivity index (χ2v) is 9.58. The van der Waals surface area contributed by atoms with E-state index in [0.29, 0.717) is 0 Å². The Hall–Kier alpha value is -0.643. The molecule has 0 amide bonds. The van der Waals surface area contributed by atoms with E-state index in [0.717, 1.165) is 24.6 Å². The molecule has 0 radical (unpaired) electrons. The second-order valence-electron chi connectivity index (χ2n) is 4.92. The van der Waals surface area contributed by atoms with Crippen LogP contribution >= 0.6 is 0 Å². The summed E-state index contributed by atoms with van der Waals surface area (Å²) in [6.45, 7) is 8.71. The molecular weight excluding hydrogens is 240 g/mol. The van der Waals surface area contributed by atoms with E-state index >= 15 is 0 Å². The van der Waals surface area contributed by atoms with Crippen molar-refractivity contribution in [2.24, 2.45) is 0 Å². The summed E-state index contributed by atoms with van der Waals surface area (Å²) < 4.78 is 5.85. The molecule has 0 aliphatic carbocycles. The summed E-state index contributed by atoms with van der Waals surface area (Å²) in [4.78, 5) is 5.65. The summed E-state index contributed by atoms with van der Waals surface area (Å²) >= 11 is 0. The maximum atomic E-state index is 5.85. The first-order valence-electron chi connectivity index (χ1n) is 7.04. The summed E-state index contributed by atoms with van der Waals surface area (Å²) in [5.74, 6) is 0. The molecule has 1 rings (SSSR count). The van der Waals surface area contributed by atoms with Crippen molar-refractivity contribution in [2.75, 3.05) is 0 Å². The highest BCUT2D eigenvalue weighted by molar-refractivity contribution is 6.73. The van der Waals surface area contributed by atoms with Crippen molar-refractivity contribution in [3.8, 4) is 0 Å². The lowest BCUT2D eigenvalue weighted by Crippen LogP contribution is -2.37. The van der Waals surface area contributed by atoms with E-state index in [2.05, 4.69) is 52.0 Å². The molecule has 102 valence electrons. The Bertz CT molecular complexity index is 314. The van der Waals surface area contributed by atoms with Gasteiger partial charge < -0.3 is 0 Å². The highest BCUT2D eigenvalue weighted by Crippen LogP contribution is 2.22. The van der Waals surface area contributed by atoms with Gasteiger partial charge in [0.1, 0.15) is 0 Å². The Morgan fingerprint density at radius 2 is 1.56 bits per heavy atom. The lowest BCUT2D eigenvalue weighted by molar-refractivity contribution is -0.251. The van der Waals surface area contributed by atoms with Crippen LogP contribution < -0.4 is 0 Å². The van der Waals surface area contributed by atoms with Crippen molar-refractivity contribution in [2.45, 2.75) is 58.4 Å². The Labute approximate surface area is 112 Å². The van der Waals surface area contributed by atoms with Crippen LogP contribution in [0.2, 0.25) is 18.1 Å². The van der Waals surface area contributed by atoms with Crippen molar-refractivity contribution in [1.29, 1.82) is 0 Å². The summed E-state index contributed by atoms with van der Waals surface area (Å²) in [6, 6.07) is 13.8. The molecule has 0 N–H and O–H groups in total. The Balaban J connectivity index is 2.43. The molecule has 0 saturated carbocycles. The highest BCUT2D eigenvalue weighted by Gasteiger charge is 2.31. The van der Waals surface area contributed by atoms with Gasteiger partial charge in [-0.3, -0.25) is 4.58 Å². The van der Waals surface area contributed by atoms with Crippen LogP contribution in [-0.4, -0.2) is 14.4 Å². The molecule has 1 aromatic rings. The van der Waals surface area contributed by atoms with Crippen LogP contribution in [0.4, 0.5) is 0 Å². The summed E-state index contributed by atoms with van der Waals surface area (Å²) in [7, 11) is -1.62. The second kappa shape index (κ2) is 7.72. The van der Waals surface area contributed by atoms with E-state index in [-0.39, 0.29) is 6.10 Å². The zero-order chi connectivity index (χ0) is 13.4. The first-order valence-corrected chi connectivity index (χ1v) is 9.57. The fourth-order valence-corrected chi connectivity index (χ4v) is 4.31. The molecular formula is C15H26O2Si. The van der Waals surface area contributed by atoms with Crippen LogP contribution in [0.5, 0.6) is 0 Å². The van der Waals surface area contributed by atoms with Crippen molar-refractivity contribution < 1.29 is 9.46 Å². The molecule has 1 atom stereocenters. The molecule has 0 fully saturated rings. The number of benzene rings is 1. The van der Waals surface area contributed by atoms with E-state index in [9.17, 15) is 0 Å². The van der Waals surface area contributed by atoms with Gasteiger partial charge in [0.05, 0.1) is 6.10 Å². The van der Waals surface area contributed by atoms with E-state index < -0.39 is 8.32 Å².